The Morgan fingerprint density at radius 1 is 0.316 bits per heavy atom. The molecule has 4 nitrogen and oxygen atoms in total. The van der Waals surface area contributed by atoms with Gasteiger partial charge in [0.1, 0.15) is 0 Å². The summed E-state index contributed by atoms with van der Waals surface area (Å²) < 4.78 is 2.56. The van der Waals surface area contributed by atoms with Crippen LogP contribution in [0.25, 0.3) is 110 Å². The summed E-state index contributed by atoms with van der Waals surface area (Å²) in [5, 5.41) is 6.16. The van der Waals surface area contributed by atoms with E-state index in [0.29, 0.717) is 17.5 Å². The van der Waals surface area contributed by atoms with E-state index in [1.165, 1.54) is 36.3 Å². The van der Waals surface area contributed by atoms with Crippen molar-refractivity contribution in [3.8, 4) is 67.7 Å². The van der Waals surface area contributed by atoms with E-state index in [9.17, 15) is 0 Å². The van der Waals surface area contributed by atoms with Gasteiger partial charge in [0.25, 0.3) is 0 Å². The molecule has 5 heteroatoms. The quantitative estimate of drug-likeness (QED) is 0.159. The first kappa shape index (κ1) is 33.0. The highest BCUT2D eigenvalue weighted by atomic mass is 32.1. The normalized spacial score (nSPS) is 11.5. The van der Waals surface area contributed by atoms with Crippen molar-refractivity contribution in [3.05, 3.63) is 194 Å². The Hall–Kier alpha value is -7.34. The largest absolute Gasteiger partial charge is 0.247 e. The molecule has 57 heavy (non-hydrogen) atoms. The lowest BCUT2D eigenvalue weighted by Crippen LogP contribution is -2.00. The Bertz CT molecular complexity index is 3270. The number of benzene rings is 8. The van der Waals surface area contributed by atoms with Gasteiger partial charge < -0.3 is 0 Å². The number of hydrogen-bond donors (Lipinski definition) is 0. The molecule has 3 heterocycles. The van der Waals surface area contributed by atoms with Gasteiger partial charge in [0.2, 0.25) is 0 Å². The molecule has 0 aliphatic rings. The summed E-state index contributed by atoms with van der Waals surface area (Å²) in [6.45, 7) is 0. The van der Waals surface area contributed by atoms with Crippen LogP contribution < -0.4 is 0 Å². The van der Waals surface area contributed by atoms with Crippen molar-refractivity contribution >= 4 is 53.2 Å². The number of pyridine rings is 1. The predicted molar refractivity (Wildman–Crippen MR) is 238 cm³/mol. The highest BCUT2D eigenvalue weighted by Crippen LogP contribution is 2.45. The molecule has 0 atom stereocenters. The monoisotopic (exact) mass is 744 g/mol. The molecule has 0 spiro atoms. The lowest BCUT2D eigenvalue weighted by molar-refractivity contribution is 1.07. The van der Waals surface area contributed by atoms with Crippen LogP contribution in [0.4, 0.5) is 0 Å². The number of hydrogen-bond acceptors (Lipinski definition) is 5. The van der Waals surface area contributed by atoms with Gasteiger partial charge in [-0.3, -0.25) is 0 Å². The first-order valence-corrected chi connectivity index (χ1v) is 19.9. The second-order valence-corrected chi connectivity index (χ2v) is 15.3. The van der Waals surface area contributed by atoms with Crippen molar-refractivity contribution in [2.24, 2.45) is 0 Å². The summed E-state index contributed by atoms with van der Waals surface area (Å²) >= 11 is 1.86. The van der Waals surface area contributed by atoms with E-state index in [0.717, 1.165) is 55.7 Å². The molecular formula is C52H32N4S. The highest BCUT2D eigenvalue weighted by Gasteiger charge is 2.18. The molecule has 8 aromatic carbocycles. The number of nitrogens with zero attached hydrogens (tertiary/aromatic N) is 4. The lowest BCUT2D eigenvalue weighted by Gasteiger charge is -2.11. The summed E-state index contributed by atoms with van der Waals surface area (Å²) in [6.07, 6.45) is 0. The van der Waals surface area contributed by atoms with E-state index in [4.69, 9.17) is 19.9 Å². The third-order valence-corrected chi connectivity index (χ3v) is 11.9. The molecule has 11 rings (SSSR count). The Morgan fingerprint density at radius 3 is 1.54 bits per heavy atom. The Morgan fingerprint density at radius 2 is 0.825 bits per heavy atom. The fourth-order valence-electron chi connectivity index (χ4n) is 7.88. The Labute approximate surface area is 333 Å². The average Bonchev–Trinajstić information content (AvgIpc) is 3.69. The minimum Gasteiger partial charge on any atom is -0.247 e. The molecule has 266 valence electrons. The van der Waals surface area contributed by atoms with Crippen molar-refractivity contribution in [3.63, 3.8) is 0 Å². The first-order chi connectivity index (χ1) is 28.2. The number of thiophene rings is 1. The fraction of sp³-hybridized carbons (Fsp3) is 0. The maximum absolute atomic E-state index is 5.36. The average molecular weight is 745 g/mol. The van der Waals surface area contributed by atoms with Crippen LogP contribution in [0, 0.1) is 0 Å². The molecule has 3 aromatic heterocycles. The van der Waals surface area contributed by atoms with Gasteiger partial charge in [-0.1, -0.05) is 176 Å². The molecule has 0 radical (unpaired) electrons. The van der Waals surface area contributed by atoms with Crippen molar-refractivity contribution in [2.75, 3.05) is 0 Å². The zero-order chi connectivity index (χ0) is 37.7. The summed E-state index contributed by atoms with van der Waals surface area (Å²) in [6, 6.07) is 67.9. The third kappa shape index (κ3) is 5.93. The van der Waals surface area contributed by atoms with E-state index >= 15 is 0 Å². The molecule has 0 amide bonds. The van der Waals surface area contributed by atoms with Crippen LogP contribution in [0.3, 0.4) is 0 Å². The van der Waals surface area contributed by atoms with Crippen molar-refractivity contribution in [2.45, 2.75) is 0 Å². The molecule has 0 saturated heterocycles. The zero-order valence-electron chi connectivity index (χ0n) is 30.7. The van der Waals surface area contributed by atoms with E-state index < -0.39 is 0 Å². The molecule has 0 aliphatic carbocycles. The second-order valence-electron chi connectivity index (χ2n) is 14.2. The van der Waals surface area contributed by atoms with Gasteiger partial charge in [0.05, 0.1) is 11.2 Å². The van der Waals surface area contributed by atoms with Crippen LogP contribution in [0.2, 0.25) is 0 Å². The number of rotatable bonds is 6. The van der Waals surface area contributed by atoms with E-state index in [1.54, 1.807) is 0 Å². The number of fused-ring (bicyclic) bond motifs is 7. The van der Waals surface area contributed by atoms with Crippen LogP contribution in [0.15, 0.2) is 194 Å². The van der Waals surface area contributed by atoms with Gasteiger partial charge in [-0.25, -0.2) is 19.9 Å². The molecular weight excluding hydrogens is 713 g/mol. The summed E-state index contributed by atoms with van der Waals surface area (Å²) in [5.41, 5.74) is 10.4. The standard InChI is InChI=1S/C52H32N4S/c1-3-12-33(13-4-1)40-17-11-18-41(32-40)52-55-50(38-15-5-2-6-16-38)54-51(56-52)39-28-24-35(25-29-39)34-22-26-37(27-23-34)48-47-43-20-9-10-21-45(43)57-49(47)46-42-19-8-7-14-36(42)30-31-44(46)53-48/h1-32H. The topological polar surface area (TPSA) is 51.6 Å². The van der Waals surface area contributed by atoms with Crippen LogP contribution in [0.5, 0.6) is 0 Å². The smallest absolute Gasteiger partial charge is 0.164 e. The van der Waals surface area contributed by atoms with Gasteiger partial charge in [0, 0.05) is 47.8 Å². The third-order valence-electron chi connectivity index (χ3n) is 10.7. The van der Waals surface area contributed by atoms with Crippen molar-refractivity contribution in [1.82, 2.24) is 19.9 Å². The van der Waals surface area contributed by atoms with Gasteiger partial charge in [0.15, 0.2) is 17.5 Å². The maximum atomic E-state index is 5.36. The summed E-state index contributed by atoms with van der Waals surface area (Å²) in [5.74, 6) is 1.91. The van der Waals surface area contributed by atoms with Crippen LogP contribution >= 0.6 is 11.3 Å². The SMILES string of the molecule is c1ccc(-c2cccc(-c3nc(-c4ccccc4)nc(-c4ccc(-c5ccc(-c6nc7ccc8ccccc8c7c7sc8ccccc8c67)cc5)cc4)n3)c2)cc1. The second kappa shape index (κ2) is 13.7. The first-order valence-electron chi connectivity index (χ1n) is 19.0. The van der Waals surface area contributed by atoms with E-state index in [1.807, 2.05) is 47.7 Å². The lowest BCUT2D eigenvalue weighted by atomic mass is 9.97. The minimum atomic E-state index is 0.632. The Balaban J connectivity index is 0.963. The Kier molecular flexibility index (Phi) is 7.97. The number of aromatic nitrogens is 4. The van der Waals surface area contributed by atoms with Gasteiger partial charge in [-0.2, -0.15) is 0 Å². The zero-order valence-corrected chi connectivity index (χ0v) is 31.5. The summed E-state index contributed by atoms with van der Waals surface area (Å²) in [4.78, 5) is 20.3. The van der Waals surface area contributed by atoms with Gasteiger partial charge in [-0.05, 0) is 51.2 Å². The molecule has 0 saturated carbocycles. The maximum Gasteiger partial charge on any atom is 0.164 e. The molecule has 0 unspecified atom stereocenters. The van der Waals surface area contributed by atoms with Crippen molar-refractivity contribution < 1.29 is 0 Å². The molecule has 0 N–H and O–H groups in total. The minimum absolute atomic E-state index is 0.632. The predicted octanol–water partition coefficient (Wildman–Crippen LogP) is 13.9. The summed E-state index contributed by atoms with van der Waals surface area (Å²) in [7, 11) is 0. The molecule has 0 bridgehead atoms. The molecule has 11 aromatic rings. The molecule has 0 aliphatic heterocycles. The van der Waals surface area contributed by atoms with E-state index in [2.05, 4.69) is 158 Å². The highest BCUT2D eigenvalue weighted by molar-refractivity contribution is 7.27. The van der Waals surface area contributed by atoms with Gasteiger partial charge in [-0.15, -0.1) is 11.3 Å². The van der Waals surface area contributed by atoms with Gasteiger partial charge >= 0.3 is 0 Å². The molecule has 0 fully saturated rings. The van der Waals surface area contributed by atoms with Crippen LogP contribution in [-0.2, 0) is 0 Å². The van der Waals surface area contributed by atoms with Crippen LogP contribution in [0.1, 0.15) is 0 Å². The van der Waals surface area contributed by atoms with Crippen LogP contribution in [-0.4, -0.2) is 19.9 Å². The van der Waals surface area contributed by atoms with Crippen molar-refractivity contribution in [1.29, 1.82) is 0 Å². The fourth-order valence-corrected chi connectivity index (χ4v) is 9.16. The van der Waals surface area contributed by atoms with E-state index in [-0.39, 0.29) is 0 Å².